The summed E-state index contributed by atoms with van der Waals surface area (Å²) in [4.78, 5) is 9.34. The largest absolute Gasteiger partial charge is 0.376 e. The molecule has 1 aliphatic heterocycles. The molecule has 1 fully saturated rings. The summed E-state index contributed by atoms with van der Waals surface area (Å²) in [7, 11) is 0. The molecule has 0 aromatic carbocycles. The SMILES string of the molecule is CCNc1nc(C(C)C)nc(NC(C)C2CCCO2)c1C. The summed E-state index contributed by atoms with van der Waals surface area (Å²) < 4.78 is 5.76. The molecule has 1 aromatic rings. The van der Waals surface area contributed by atoms with Gasteiger partial charge in [0.1, 0.15) is 17.5 Å². The minimum absolute atomic E-state index is 0.260. The predicted octanol–water partition coefficient (Wildman–Crippen LogP) is 3.32. The van der Waals surface area contributed by atoms with E-state index in [1.54, 1.807) is 0 Å². The van der Waals surface area contributed by atoms with Crippen molar-refractivity contribution in [1.82, 2.24) is 9.97 Å². The van der Waals surface area contributed by atoms with Gasteiger partial charge in [0.2, 0.25) is 0 Å². The average Bonchev–Trinajstić information content (AvgIpc) is 2.97. The van der Waals surface area contributed by atoms with Crippen LogP contribution in [-0.2, 0) is 4.74 Å². The van der Waals surface area contributed by atoms with E-state index in [-0.39, 0.29) is 12.1 Å². The fraction of sp³-hybridized carbons (Fsp3) is 0.750. The Balaban J connectivity index is 2.23. The van der Waals surface area contributed by atoms with E-state index >= 15 is 0 Å². The average molecular weight is 292 g/mol. The third kappa shape index (κ3) is 3.84. The quantitative estimate of drug-likeness (QED) is 0.842. The molecule has 2 unspecified atom stereocenters. The van der Waals surface area contributed by atoms with Gasteiger partial charge in [0.15, 0.2) is 0 Å². The Morgan fingerprint density at radius 3 is 2.52 bits per heavy atom. The first-order valence-electron chi connectivity index (χ1n) is 8.03. The van der Waals surface area contributed by atoms with E-state index in [9.17, 15) is 0 Å². The van der Waals surface area contributed by atoms with Gasteiger partial charge in [-0.05, 0) is 33.6 Å². The second-order valence-corrected chi connectivity index (χ2v) is 6.07. The maximum absolute atomic E-state index is 5.76. The van der Waals surface area contributed by atoms with Crippen molar-refractivity contribution in [3.63, 3.8) is 0 Å². The Morgan fingerprint density at radius 2 is 1.95 bits per heavy atom. The molecule has 0 bridgehead atoms. The molecule has 2 N–H and O–H groups in total. The van der Waals surface area contributed by atoms with Crippen LogP contribution in [0.2, 0.25) is 0 Å². The van der Waals surface area contributed by atoms with Crippen LogP contribution in [0.25, 0.3) is 0 Å². The highest BCUT2D eigenvalue weighted by Gasteiger charge is 2.24. The number of rotatable bonds is 6. The van der Waals surface area contributed by atoms with Crippen molar-refractivity contribution < 1.29 is 4.74 Å². The van der Waals surface area contributed by atoms with Crippen molar-refractivity contribution in [3.05, 3.63) is 11.4 Å². The monoisotopic (exact) mass is 292 g/mol. The molecule has 2 rings (SSSR count). The fourth-order valence-corrected chi connectivity index (χ4v) is 2.58. The van der Waals surface area contributed by atoms with Gasteiger partial charge < -0.3 is 15.4 Å². The summed E-state index contributed by atoms with van der Waals surface area (Å²) >= 11 is 0. The summed E-state index contributed by atoms with van der Waals surface area (Å²) in [5.41, 5.74) is 1.08. The number of ether oxygens (including phenoxy) is 1. The van der Waals surface area contributed by atoms with Crippen molar-refractivity contribution in [1.29, 1.82) is 0 Å². The molecular weight excluding hydrogens is 264 g/mol. The number of anilines is 2. The number of hydrogen-bond donors (Lipinski definition) is 2. The van der Waals surface area contributed by atoms with Crippen LogP contribution >= 0.6 is 0 Å². The van der Waals surface area contributed by atoms with Crippen LogP contribution in [0, 0.1) is 6.92 Å². The van der Waals surface area contributed by atoms with E-state index in [0.29, 0.717) is 5.92 Å². The topological polar surface area (TPSA) is 59.1 Å². The molecular formula is C16H28N4O. The summed E-state index contributed by atoms with van der Waals surface area (Å²) in [5, 5.41) is 6.86. The highest BCUT2D eigenvalue weighted by molar-refractivity contribution is 5.57. The molecule has 2 atom stereocenters. The summed E-state index contributed by atoms with van der Waals surface area (Å²) in [6.45, 7) is 12.3. The van der Waals surface area contributed by atoms with Gasteiger partial charge in [0.05, 0.1) is 12.1 Å². The Labute approximate surface area is 127 Å². The maximum atomic E-state index is 5.76. The zero-order valence-corrected chi connectivity index (χ0v) is 13.9. The van der Waals surface area contributed by atoms with Crippen LogP contribution in [0.3, 0.4) is 0 Å². The highest BCUT2D eigenvalue weighted by atomic mass is 16.5. The summed E-state index contributed by atoms with van der Waals surface area (Å²) in [6, 6.07) is 0.260. The first kappa shape index (κ1) is 16.0. The van der Waals surface area contributed by atoms with Crippen molar-refractivity contribution in [2.45, 2.75) is 65.5 Å². The maximum Gasteiger partial charge on any atom is 0.135 e. The molecule has 5 heteroatoms. The van der Waals surface area contributed by atoms with Gasteiger partial charge in [-0.15, -0.1) is 0 Å². The van der Waals surface area contributed by atoms with Crippen LogP contribution in [-0.4, -0.2) is 35.3 Å². The van der Waals surface area contributed by atoms with E-state index in [1.165, 1.54) is 0 Å². The second-order valence-electron chi connectivity index (χ2n) is 6.07. The molecule has 118 valence electrons. The zero-order chi connectivity index (χ0) is 15.4. The molecule has 0 aliphatic carbocycles. The van der Waals surface area contributed by atoms with Gasteiger partial charge >= 0.3 is 0 Å². The number of hydrogen-bond acceptors (Lipinski definition) is 5. The van der Waals surface area contributed by atoms with E-state index in [2.05, 4.69) is 50.2 Å². The Kier molecular flexibility index (Phi) is 5.39. The smallest absolute Gasteiger partial charge is 0.135 e. The van der Waals surface area contributed by atoms with Gasteiger partial charge in [-0.3, -0.25) is 0 Å². The molecule has 1 saturated heterocycles. The molecule has 1 aromatic heterocycles. The number of nitrogens with one attached hydrogen (secondary N) is 2. The van der Waals surface area contributed by atoms with Crippen LogP contribution in [0.4, 0.5) is 11.6 Å². The molecule has 0 saturated carbocycles. The normalized spacial score (nSPS) is 19.8. The lowest BCUT2D eigenvalue weighted by molar-refractivity contribution is 0.0995. The molecule has 21 heavy (non-hydrogen) atoms. The molecule has 0 amide bonds. The van der Waals surface area contributed by atoms with E-state index < -0.39 is 0 Å². The van der Waals surface area contributed by atoms with Crippen molar-refractivity contribution in [3.8, 4) is 0 Å². The molecule has 0 spiro atoms. The van der Waals surface area contributed by atoms with Gasteiger partial charge in [-0.25, -0.2) is 9.97 Å². The van der Waals surface area contributed by atoms with Crippen LogP contribution in [0.15, 0.2) is 0 Å². The van der Waals surface area contributed by atoms with Crippen LogP contribution in [0.5, 0.6) is 0 Å². The Hall–Kier alpha value is -1.36. The van der Waals surface area contributed by atoms with Gasteiger partial charge in [-0.2, -0.15) is 0 Å². The second kappa shape index (κ2) is 7.07. The fourth-order valence-electron chi connectivity index (χ4n) is 2.58. The van der Waals surface area contributed by atoms with Crippen LogP contribution in [0.1, 0.15) is 57.8 Å². The summed E-state index contributed by atoms with van der Waals surface area (Å²) in [5.74, 6) is 3.03. The summed E-state index contributed by atoms with van der Waals surface area (Å²) in [6.07, 6.45) is 2.55. The standard InChI is InChI=1S/C16H28N4O/c1-6-17-15-11(4)16(20-14(19-15)10(2)3)18-12(5)13-8-7-9-21-13/h10,12-13H,6-9H2,1-5H3,(H2,17,18,19,20). The van der Waals surface area contributed by atoms with Gasteiger partial charge in [0.25, 0.3) is 0 Å². The van der Waals surface area contributed by atoms with E-state index in [0.717, 1.165) is 49.0 Å². The lowest BCUT2D eigenvalue weighted by Gasteiger charge is -2.23. The minimum Gasteiger partial charge on any atom is -0.376 e. The van der Waals surface area contributed by atoms with E-state index in [1.807, 2.05) is 0 Å². The van der Waals surface area contributed by atoms with Crippen molar-refractivity contribution >= 4 is 11.6 Å². The number of aromatic nitrogens is 2. The number of nitrogens with zero attached hydrogens (tertiary/aromatic N) is 2. The highest BCUT2D eigenvalue weighted by Crippen LogP contribution is 2.25. The van der Waals surface area contributed by atoms with E-state index in [4.69, 9.17) is 9.72 Å². The first-order chi connectivity index (χ1) is 10.0. The molecule has 5 nitrogen and oxygen atoms in total. The lowest BCUT2D eigenvalue weighted by atomic mass is 10.1. The van der Waals surface area contributed by atoms with Crippen molar-refractivity contribution in [2.24, 2.45) is 0 Å². The third-order valence-electron chi connectivity index (χ3n) is 3.91. The molecule has 1 aliphatic rings. The van der Waals surface area contributed by atoms with Gasteiger partial charge in [-0.1, -0.05) is 13.8 Å². The first-order valence-corrected chi connectivity index (χ1v) is 8.03. The lowest BCUT2D eigenvalue weighted by Crippen LogP contribution is -2.31. The zero-order valence-electron chi connectivity index (χ0n) is 13.9. The predicted molar refractivity (Wildman–Crippen MR) is 87.1 cm³/mol. The Bertz CT molecular complexity index is 470. The van der Waals surface area contributed by atoms with Gasteiger partial charge in [0, 0.05) is 24.6 Å². The molecule has 0 radical (unpaired) electrons. The minimum atomic E-state index is 0.260. The third-order valence-corrected chi connectivity index (χ3v) is 3.91. The Morgan fingerprint density at radius 1 is 1.24 bits per heavy atom. The van der Waals surface area contributed by atoms with Crippen molar-refractivity contribution in [2.75, 3.05) is 23.8 Å². The molecule has 2 heterocycles. The van der Waals surface area contributed by atoms with Crippen LogP contribution < -0.4 is 10.6 Å².